The van der Waals surface area contributed by atoms with Gasteiger partial charge in [-0.2, -0.15) is 0 Å². The summed E-state index contributed by atoms with van der Waals surface area (Å²) in [6.07, 6.45) is 0.902. The topological polar surface area (TPSA) is 26.0 Å². The van der Waals surface area contributed by atoms with Gasteiger partial charge in [-0.1, -0.05) is 72.8 Å². The zero-order valence-electron chi connectivity index (χ0n) is 12.0. The Balaban J connectivity index is 2.11. The summed E-state index contributed by atoms with van der Waals surface area (Å²) >= 11 is 0. The average Bonchev–Trinajstić information content (AvgIpc) is 2.57. The third-order valence-corrected chi connectivity index (χ3v) is 3.72. The van der Waals surface area contributed by atoms with Gasteiger partial charge in [0.25, 0.3) is 0 Å². The summed E-state index contributed by atoms with van der Waals surface area (Å²) in [5, 5.41) is 0. The summed E-state index contributed by atoms with van der Waals surface area (Å²) in [5.41, 5.74) is 12.1. The van der Waals surface area contributed by atoms with Gasteiger partial charge in [-0.25, -0.2) is 0 Å². The maximum absolute atomic E-state index is 5.76. The third kappa shape index (κ3) is 3.04. The summed E-state index contributed by atoms with van der Waals surface area (Å²) in [7, 11) is 0. The minimum Gasteiger partial charge on any atom is -0.330 e. The quantitative estimate of drug-likeness (QED) is 0.743. The molecule has 3 aromatic rings. The minimum absolute atomic E-state index is 0.671. The SMILES string of the molecule is NCCc1ccc(-c2ccccc2)cc1-c1ccccc1. The first-order valence-corrected chi connectivity index (χ1v) is 7.32. The first kappa shape index (κ1) is 13.6. The van der Waals surface area contributed by atoms with Crippen molar-refractivity contribution in [2.24, 2.45) is 5.73 Å². The zero-order valence-corrected chi connectivity index (χ0v) is 12.0. The Morgan fingerprint density at radius 3 is 1.86 bits per heavy atom. The highest BCUT2D eigenvalue weighted by Crippen LogP contribution is 2.29. The van der Waals surface area contributed by atoms with E-state index in [9.17, 15) is 0 Å². The van der Waals surface area contributed by atoms with E-state index in [1.807, 2.05) is 12.1 Å². The van der Waals surface area contributed by atoms with Crippen molar-refractivity contribution >= 4 is 0 Å². The molecule has 1 heteroatoms. The molecule has 0 aliphatic rings. The summed E-state index contributed by atoms with van der Waals surface area (Å²) < 4.78 is 0. The molecule has 3 rings (SSSR count). The molecule has 0 saturated carbocycles. The van der Waals surface area contributed by atoms with Gasteiger partial charge < -0.3 is 5.73 Å². The van der Waals surface area contributed by atoms with Crippen LogP contribution in [0.1, 0.15) is 5.56 Å². The lowest BCUT2D eigenvalue weighted by Crippen LogP contribution is -2.04. The van der Waals surface area contributed by atoms with Crippen LogP contribution in [0.25, 0.3) is 22.3 Å². The predicted molar refractivity (Wildman–Crippen MR) is 90.1 cm³/mol. The third-order valence-electron chi connectivity index (χ3n) is 3.72. The smallest absolute Gasteiger partial charge is 0.00365 e. The second kappa shape index (κ2) is 6.38. The van der Waals surface area contributed by atoms with Gasteiger partial charge >= 0.3 is 0 Å². The molecule has 0 aliphatic carbocycles. The Kier molecular flexibility index (Phi) is 4.13. The fourth-order valence-electron chi connectivity index (χ4n) is 2.65. The van der Waals surface area contributed by atoms with Gasteiger partial charge in [0.1, 0.15) is 0 Å². The van der Waals surface area contributed by atoms with Crippen molar-refractivity contribution in [3.05, 3.63) is 84.4 Å². The molecule has 0 aromatic heterocycles. The average molecular weight is 273 g/mol. The highest BCUT2D eigenvalue weighted by atomic mass is 14.5. The van der Waals surface area contributed by atoms with Gasteiger partial charge in [-0.05, 0) is 46.8 Å². The van der Waals surface area contributed by atoms with Crippen LogP contribution >= 0.6 is 0 Å². The Morgan fingerprint density at radius 2 is 1.24 bits per heavy atom. The molecule has 21 heavy (non-hydrogen) atoms. The van der Waals surface area contributed by atoms with Crippen molar-refractivity contribution in [3.8, 4) is 22.3 Å². The monoisotopic (exact) mass is 273 g/mol. The molecule has 1 nitrogen and oxygen atoms in total. The molecule has 0 amide bonds. The molecule has 0 atom stereocenters. The zero-order chi connectivity index (χ0) is 14.5. The van der Waals surface area contributed by atoms with Crippen LogP contribution in [0.15, 0.2) is 78.9 Å². The van der Waals surface area contributed by atoms with E-state index in [0.29, 0.717) is 6.54 Å². The molecular formula is C20H19N. The second-order valence-electron chi connectivity index (χ2n) is 5.14. The van der Waals surface area contributed by atoms with Crippen molar-refractivity contribution in [1.82, 2.24) is 0 Å². The van der Waals surface area contributed by atoms with Gasteiger partial charge in [0.2, 0.25) is 0 Å². The van der Waals surface area contributed by atoms with E-state index in [-0.39, 0.29) is 0 Å². The fourth-order valence-corrected chi connectivity index (χ4v) is 2.65. The van der Waals surface area contributed by atoms with Crippen molar-refractivity contribution in [2.75, 3.05) is 6.54 Å². The van der Waals surface area contributed by atoms with Gasteiger partial charge in [0.15, 0.2) is 0 Å². The van der Waals surface area contributed by atoms with Crippen LogP contribution in [0.3, 0.4) is 0 Å². The standard InChI is InChI=1S/C20H19N/c21-14-13-18-11-12-19(16-7-3-1-4-8-16)15-20(18)17-9-5-2-6-10-17/h1-12,15H,13-14,21H2. The molecule has 3 aromatic carbocycles. The first-order valence-electron chi connectivity index (χ1n) is 7.32. The van der Waals surface area contributed by atoms with Gasteiger partial charge in [-0.3, -0.25) is 0 Å². The lowest BCUT2D eigenvalue weighted by atomic mass is 9.93. The van der Waals surface area contributed by atoms with E-state index >= 15 is 0 Å². The van der Waals surface area contributed by atoms with Crippen LogP contribution in [0.5, 0.6) is 0 Å². The number of hydrogen-bond acceptors (Lipinski definition) is 1. The number of benzene rings is 3. The van der Waals surface area contributed by atoms with Crippen molar-refractivity contribution < 1.29 is 0 Å². The summed E-state index contributed by atoms with van der Waals surface area (Å²) in [6, 6.07) is 27.7. The number of nitrogens with two attached hydrogens (primary N) is 1. The first-order chi connectivity index (χ1) is 10.4. The predicted octanol–water partition coefficient (Wildman–Crippen LogP) is 4.52. The summed E-state index contributed by atoms with van der Waals surface area (Å²) in [6.45, 7) is 0.671. The molecule has 0 heterocycles. The lowest BCUT2D eigenvalue weighted by molar-refractivity contribution is 0.971. The maximum Gasteiger partial charge on any atom is -0.00365 e. The fraction of sp³-hybridized carbons (Fsp3) is 0.100. The molecule has 0 aliphatic heterocycles. The minimum atomic E-state index is 0.671. The van der Waals surface area contributed by atoms with Crippen LogP contribution in [-0.2, 0) is 6.42 Å². The van der Waals surface area contributed by atoms with Crippen LogP contribution < -0.4 is 5.73 Å². The molecule has 0 unspecified atom stereocenters. The van der Waals surface area contributed by atoms with Crippen molar-refractivity contribution in [3.63, 3.8) is 0 Å². The van der Waals surface area contributed by atoms with Gasteiger partial charge in [-0.15, -0.1) is 0 Å². The highest BCUT2D eigenvalue weighted by Gasteiger charge is 2.07. The molecule has 104 valence electrons. The molecule has 0 fully saturated rings. The van der Waals surface area contributed by atoms with E-state index in [4.69, 9.17) is 5.73 Å². The van der Waals surface area contributed by atoms with Gasteiger partial charge in [0.05, 0.1) is 0 Å². The Hall–Kier alpha value is -2.38. The lowest BCUT2D eigenvalue weighted by Gasteiger charge is -2.12. The molecule has 0 saturated heterocycles. The molecular weight excluding hydrogens is 254 g/mol. The summed E-state index contributed by atoms with van der Waals surface area (Å²) in [5.74, 6) is 0. The van der Waals surface area contributed by atoms with Gasteiger partial charge in [0, 0.05) is 0 Å². The van der Waals surface area contributed by atoms with E-state index in [2.05, 4.69) is 66.7 Å². The Morgan fingerprint density at radius 1 is 0.619 bits per heavy atom. The van der Waals surface area contributed by atoms with Crippen LogP contribution in [0.4, 0.5) is 0 Å². The second-order valence-corrected chi connectivity index (χ2v) is 5.14. The number of hydrogen-bond donors (Lipinski definition) is 1. The van der Waals surface area contributed by atoms with Crippen LogP contribution in [0.2, 0.25) is 0 Å². The van der Waals surface area contributed by atoms with E-state index < -0.39 is 0 Å². The van der Waals surface area contributed by atoms with E-state index in [1.165, 1.54) is 27.8 Å². The van der Waals surface area contributed by atoms with E-state index in [0.717, 1.165) is 6.42 Å². The molecule has 0 radical (unpaired) electrons. The molecule has 2 N–H and O–H groups in total. The highest BCUT2D eigenvalue weighted by molar-refractivity contribution is 5.75. The van der Waals surface area contributed by atoms with Crippen LogP contribution in [-0.4, -0.2) is 6.54 Å². The number of rotatable bonds is 4. The Bertz CT molecular complexity index is 702. The van der Waals surface area contributed by atoms with E-state index in [1.54, 1.807) is 0 Å². The Labute approximate surface area is 126 Å². The largest absolute Gasteiger partial charge is 0.330 e. The van der Waals surface area contributed by atoms with Crippen molar-refractivity contribution in [1.29, 1.82) is 0 Å². The summed E-state index contributed by atoms with van der Waals surface area (Å²) in [4.78, 5) is 0. The van der Waals surface area contributed by atoms with Crippen molar-refractivity contribution in [2.45, 2.75) is 6.42 Å². The molecule has 0 bridgehead atoms. The maximum atomic E-state index is 5.76. The van der Waals surface area contributed by atoms with Crippen LogP contribution in [0, 0.1) is 0 Å². The normalized spacial score (nSPS) is 10.5. The molecule has 0 spiro atoms.